The fourth-order valence-electron chi connectivity index (χ4n) is 2.27. The molecule has 1 aliphatic rings. The van der Waals surface area contributed by atoms with Gasteiger partial charge in [-0.2, -0.15) is 0 Å². The van der Waals surface area contributed by atoms with Crippen LogP contribution in [0.4, 0.5) is 5.69 Å². The standard InChI is InChI=1S/C14H20BrNO2/c1-10-6-7-11(18-10)8-16-14-5-3-4-13(15)12(14)9-17-2/h3-5,10-11,16H,6-9H2,1-2H3. The Bertz CT molecular complexity index is 397. The smallest absolute Gasteiger partial charge is 0.0751 e. The van der Waals surface area contributed by atoms with Gasteiger partial charge in [-0.15, -0.1) is 0 Å². The number of halogens is 1. The Morgan fingerprint density at radius 3 is 2.94 bits per heavy atom. The summed E-state index contributed by atoms with van der Waals surface area (Å²) in [6.07, 6.45) is 3.03. The van der Waals surface area contributed by atoms with Gasteiger partial charge in [-0.05, 0) is 31.9 Å². The molecule has 4 heteroatoms. The van der Waals surface area contributed by atoms with Gasteiger partial charge in [-0.1, -0.05) is 22.0 Å². The summed E-state index contributed by atoms with van der Waals surface area (Å²) in [6, 6.07) is 6.15. The van der Waals surface area contributed by atoms with Gasteiger partial charge >= 0.3 is 0 Å². The molecule has 1 fully saturated rings. The van der Waals surface area contributed by atoms with Crippen molar-refractivity contribution >= 4 is 21.6 Å². The lowest BCUT2D eigenvalue weighted by Gasteiger charge is -2.16. The maximum Gasteiger partial charge on any atom is 0.0751 e. The topological polar surface area (TPSA) is 30.5 Å². The lowest BCUT2D eigenvalue weighted by atomic mass is 10.1. The van der Waals surface area contributed by atoms with Gasteiger partial charge < -0.3 is 14.8 Å². The van der Waals surface area contributed by atoms with Crippen molar-refractivity contribution in [3.05, 3.63) is 28.2 Å². The quantitative estimate of drug-likeness (QED) is 0.901. The van der Waals surface area contributed by atoms with Gasteiger partial charge in [0.05, 0.1) is 18.8 Å². The molecule has 1 N–H and O–H groups in total. The predicted molar refractivity (Wildman–Crippen MR) is 76.9 cm³/mol. The summed E-state index contributed by atoms with van der Waals surface area (Å²) in [5, 5.41) is 3.47. The Morgan fingerprint density at radius 1 is 1.44 bits per heavy atom. The molecule has 0 spiro atoms. The average molecular weight is 314 g/mol. The first-order chi connectivity index (χ1) is 8.70. The van der Waals surface area contributed by atoms with Gasteiger partial charge in [-0.3, -0.25) is 0 Å². The van der Waals surface area contributed by atoms with Gasteiger partial charge in [0.15, 0.2) is 0 Å². The van der Waals surface area contributed by atoms with Crippen molar-refractivity contribution in [2.24, 2.45) is 0 Å². The van der Waals surface area contributed by atoms with Crippen molar-refractivity contribution in [2.45, 2.75) is 38.6 Å². The van der Waals surface area contributed by atoms with E-state index in [1.807, 2.05) is 12.1 Å². The van der Waals surface area contributed by atoms with Gasteiger partial charge in [0.2, 0.25) is 0 Å². The zero-order valence-electron chi connectivity index (χ0n) is 10.9. The number of anilines is 1. The number of benzene rings is 1. The van der Waals surface area contributed by atoms with E-state index in [4.69, 9.17) is 9.47 Å². The molecule has 2 rings (SSSR count). The highest BCUT2D eigenvalue weighted by Gasteiger charge is 2.21. The van der Waals surface area contributed by atoms with E-state index in [1.54, 1.807) is 7.11 Å². The highest BCUT2D eigenvalue weighted by atomic mass is 79.9. The van der Waals surface area contributed by atoms with Crippen molar-refractivity contribution in [1.82, 2.24) is 0 Å². The van der Waals surface area contributed by atoms with E-state index in [9.17, 15) is 0 Å². The monoisotopic (exact) mass is 313 g/mol. The number of hydrogen-bond acceptors (Lipinski definition) is 3. The lowest BCUT2D eigenvalue weighted by molar-refractivity contribution is 0.0636. The Hall–Kier alpha value is -0.580. The van der Waals surface area contributed by atoms with E-state index >= 15 is 0 Å². The fourth-order valence-corrected chi connectivity index (χ4v) is 2.76. The number of rotatable bonds is 5. The molecule has 100 valence electrons. The molecule has 1 heterocycles. The van der Waals surface area contributed by atoms with E-state index in [-0.39, 0.29) is 0 Å². The lowest BCUT2D eigenvalue weighted by Crippen LogP contribution is -2.20. The summed E-state index contributed by atoms with van der Waals surface area (Å²) < 4.78 is 12.1. The second kappa shape index (κ2) is 6.55. The minimum absolute atomic E-state index is 0.328. The van der Waals surface area contributed by atoms with Crippen LogP contribution in [0.2, 0.25) is 0 Å². The van der Waals surface area contributed by atoms with Gasteiger partial charge in [0, 0.05) is 29.4 Å². The zero-order valence-corrected chi connectivity index (χ0v) is 12.5. The molecule has 1 saturated heterocycles. The summed E-state index contributed by atoms with van der Waals surface area (Å²) in [6.45, 7) is 3.60. The van der Waals surface area contributed by atoms with Crippen LogP contribution >= 0.6 is 15.9 Å². The molecule has 0 saturated carbocycles. The van der Waals surface area contributed by atoms with Crippen molar-refractivity contribution < 1.29 is 9.47 Å². The van der Waals surface area contributed by atoms with Crippen LogP contribution in [0.1, 0.15) is 25.3 Å². The van der Waals surface area contributed by atoms with Crippen LogP contribution in [0.5, 0.6) is 0 Å². The molecule has 2 atom stereocenters. The number of ether oxygens (including phenoxy) is 2. The summed E-state index contributed by atoms with van der Waals surface area (Å²) >= 11 is 3.56. The predicted octanol–water partition coefficient (Wildman–Crippen LogP) is 3.57. The first kappa shape index (κ1) is 13.8. The zero-order chi connectivity index (χ0) is 13.0. The molecule has 0 aromatic heterocycles. The van der Waals surface area contributed by atoms with Crippen LogP contribution in [-0.2, 0) is 16.1 Å². The molecule has 0 aliphatic carbocycles. The van der Waals surface area contributed by atoms with Crippen molar-refractivity contribution in [1.29, 1.82) is 0 Å². The molecule has 0 amide bonds. The molecule has 0 radical (unpaired) electrons. The van der Waals surface area contributed by atoms with E-state index in [2.05, 4.69) is 34.2 Å². The van der Waals surface area contributed by atoms with E-state index < -0.39 is 0 Å². The van der Waals surface area contributed by atoms with Crippen molar-refractivity contribution in [3.63, 3.8) is 0 Å². The van der Waals surface area contributed by atoms with Crippen LogP contribution < -0.4 is 5.32 Å². The maximum absolute atomic E-state index is 5.81. The Kier molecular flexibility index (Phi) is 5.03. The van der Waals surface area contributed by atoms with Crippen LogP contribution in [-0.4, -0.2) is 25.9 Å². The SMILES string of the molecule is COCc1c(Br)cccc1NCC1CCC(C)O1. The molecule has 2 unspecified atom stereocenters. The first-order valence-corrected chi connectivity index (χ1v) is 7.15. The third kappa shape index (κ3) is 3.46. The summed E-state index contributed by atoms with van der Waals surface area (Å²) in [4.78, 5) is 0. The van der Waals surface area contributed by atoms with Gasteiger partial charge in [-0.25, -0.2) is 0 Å². The Morgan fingerprint density at radius 2 is 2.28 bits per heavy atom. The van der Waals surface area contributed by atoms with Crippen LogP contribution in [0, 0.1) is 0 Å². The number of nitrogens with one attached hydrogen (secondary N) is 1. The molecular weight excluding hydrogens is 294 g/mol. The largest absolute Gasteiger partial charge is 0.382 e. The van der Waals surface area contributed by atoms with Crippen molar-refractivity contribution in [3.8, 4) is 0 Å². The third-order valence-corrected chi connectivity index (χ3v) is 3.99. The van der Waals surface area contributed by atoms with Gasteiger partial charge in [0.1, 0.15) is 0 Å². The average Bonchev–Trinajstić information content (AvgIpc) is 2.76. The third-order valence-electron chi connectivity index (χ3n) is 3.25. The molecular formula is C14H20BrNO2. The van der Waals surface area contributed by atoms with E-state index in [0.29, 0.717) is 18.8 Å². The Labute approximate surface area is 117 Å². The molecule has 0 bridgehead atoms. The highest BCUT2D eigenvalue weighted by molar-refractivity contribution is 9.10. The summed E-state index contributed by atoms with van der Waals surface area (Å²) in [5.74, 6) is 0. The van der Waals surface area contributed by atoms with Gasteiger partial charge in [0.25, 0.3) is 0 Å². The van der Waals surface area contributed by atoms with Crippen LogP contribution in [0.3, 0.4) is 0 Å². The number of hydrogen-bond donors (Lipinski definition) is 1. The van der Waals surface area contributed by atoms with Crippen molar-refractivity contribution in [2.75, 3.05) is 19.0 Å². The minimum Gasteiger partial charge on any atom is -0.382 e. The minimum atomic E-state index is 0.328. The summed E-state index contributed by atoms with van der Waals surface area (Å²) in [5.41, 5.74) is 2.28. The number of methoxy groups -OCH3 is 1. The first-order valence-electron chi connectivity index (χ1n) is 6.36. The van der Waals surface area contributed by atoms with E-state index in [1.165, 1.54) is 0 Å². The second-order valence-corrected chi connectivity index (χ2v) is 5.58. The molecule has 1 aliphatic heterocycles. The van der Waals surface area contributed by atoms with Crippen LogP contribution in [0.15, 0.2) is 22.7 Å². The Balaban J connectivity index is 1.98. The fraction of sp³-hybridized carbons (Fsp3) is 0.571. The van der Waals surface area contributed by atoms with E-state index in [0.717, 1.165) is 35.1 Å². The maximum atomic E-state index is 5.81. The highest BCUT2D eigenvalue weighted by Crippen LogP contribution is 2.26. The molecule has 1 aromatic rings. The molecule has 3 nitrogen and oxygen atoms in total. The normalized spacial score (nSPS) is 23.3. The van der Waals surface area contributed by atoms with Crippen LogP contribution in [0.25, 0.3) is 0 Å². The second-order valence-electron chi connectivity index (χ2n) is 4.73. The summed E-state index contributed by atoms with van der Waals surface area (Å²) in [7, 11) is 1.71. The molecule has 1 aromatic carbocycles. The molecule has 18 heavy (non-hydrogen) atoms.